The topological polar surface area (TPSA) is 63.6 Å². The standard InChI is InChI=1S/C38H54O4Si/c1-8-29(9-2)25-31-26-30(27-31)22-23-35(39)32(28-36(40)42-37(3,4)5)17-16-24-38(6,7)43(41,33-18-12-10-13-19-33)34-20-14-11-15-21-34/h10-15,18-21,29-32,41H,8-9,16-17,24-28H2,1-7H3. The molecule has 1 unspecified atom stereocenters. The second-order valence-corrected chi connectivity index (χ2v) is 18.2. The van der Waals surface area contributed by atoms with Gasteiger partial charge in [0.25, 0.3) is 8.32 Å². The van der Waals surface area contributed by atoms with E-state index in [9.17, 15) is 14.4 Å². The molecule has 1 fully saturated rings. The largest absolute Gasteiger partial charge is 0.460 e. The lowest BCUT2D eigenvalue weighted by Crippen LogP contribution is -2.65. The summed E-state index contributed by atoms with van der Waals surface area (Å²) >= 11 is 0. The van der Waals surface area contributed by atoms with Gasteiger partial charge in [-0.25, -0.2) is 0 Å². The van der Waals surface area contributed by atoms with Gasteiger partial charge in [0.2, 0.25) is 5.78 Å². The normalized spacial score (nSPS) is 17.9. The van der Waals surface area contributed by atoms with Crippen LogP contribution in [0.1, 0.15) is 106 Å². The molecule has 0 amide bonds. The van der Waals surface area contributed by atoms with Crippen molar-refractivity contribution < 1.29 is 19.1 Å². The smallest absolute Gasteiger partial charge is 0.307 e. The van der Waals surface area contributed by atoms with Crippen molar-refractivity contribution in [2.24, 2.45) is 23.7 Å². The van der Waals surface area contributed by atoms with Gasteiger partial charge in [0.05, 0.1) is 6.42 Å². The van der Waals surface area contributed by atoms with E-state index in [1.165, 1.54) is 19.3 Å². The minimum absolute atomic E-state index is 0.0340. The van der Waals surface area contributed by atoms with Crippen LogP contribution < -0.4 is 10.4 Å². The van der Waals surface area contributed by atoms with Gasteiger partial charge in [0.1, 0.15) is 5.60 Å². The predicted octanol–water partition coefficient (Wildman–Crippen LogP) is 7.46. The zero-order valence-corrected chi connectivity index (χ0v) is 28.6. The first kappa shape index (κ1) is 34.8. The van der Waals surface area contributed by atoms with Gasteiger partial charge in [-0.05, 0) is 86.0 Å². The van der Waals surface area contributed by atoms with Crippen molar-refractivity contribution in [2.45, 2.75) is 117 Å². The van der Waals surface area contributed by atoms with E-state index in [2.05, 4.69) is 39.5 Å². The highest BCUT2D eigenvalue weighted by Gasteiger charge is 2.49. The van der Waals surface area contributed by atoms with Gasteiger partial charge in [-0.1, -0.05) is 114 Å². The summed E-state index contributed by atoms with van der Waals surface area (Å²) in [5, 5.41) is 1.53. The lowest BCUT2D eigenvalue weighted by Gasteiger charge is -2.41. The molecule has 5 heteroatoms. The minimum Gasteiger partial charge on any atom is -0.460 e. The molecule has 3 rings (SSSR count). The fourth-order valence-corrected chi connectivity index (χ4v) is 10.4. The van der Waals surface area contributed by atoms with Crippen LogP contribution in [0.15, 0.2) is 60.7 Å². The lowest BCUT2D eigenvalue weighted by molar-refractivity contribution is -0.156. The van der Waals surface area contributed by atoms with Crippen molar-refractivity contribution in [2.75, 3.05) is 0 Å². The Morgan fingerprint density at radius 1 is 0.930 bits per heavy atom. The lowest BCUT2D eigenvalue weighted by atomic mass is 9.70. The number of hydrogen-bond acceptors (Lipinski definition) is 4. The second-order valence-electron chi connectivity index (χ2n) is 14.3. The van der Waals surface area contributed by atoms with Crippen molar-refractivity contribution in [3.8, 4) is 11.8 Å². The van der Waals surface area contributed by atoms with Crippen LogP contribution in [-0.2, 0) is 14.3 Å². The zero-order valence-electron chi connectivity index (χ0n) is 27.6. The van der Waals surface area contributed by atoms with E-state index in [1.807, 2.05) is 81.4 Å². The molecule has 0 aliphatic heterocycles. The highest BCUT2D eigenvalue weighted by Crippen LogP contribution is 2.41. The Bertz CT molecular complexity index is 1190. The molecule has 2 aromatic rings. The first-order valence-corrected chi connectivity index (χ1v) is 18.3. The quantitative estimate of drug-likeness (QED) is 0.106. The number of benzene rings is 2. The Labute approximate surface area is 262 Å². The molecule has 1 aliphatic carbocycles. The molecule has 43 heavy (non-hydrogen) atoms. The Kier molecular flexibility index (Phi) is 12.4. The van der Waals surface area contributed by atoms with Gasteiger partial charge in [0.15, 0.2) is 0 Å². The van der Waals surface area contributed by atoms with Gasteiger partial charge in [-0.3, -0.25) is 9.59 Å². The molecule has 1 saturated carbocycles. The van der Waals surface area contributed by atoms with E-state index >= 15 is 0 Å². The van der Waals surface area contributed by atoms with Crippen LogP contribution >= 0.6 is 0 Å². The number of carbonyl (C=O) groups is 2. The number of carbonyl (C=O) groups excluding carboxylic acids is 2. The number of rotatable bonds is 14. The number of ether oxygens (including phenoxy) is 1. The Morgan fingerprint density at radius 2 is 1.47 bits per heavy atom. The van der Waals surface area contributed by atoms with Gasteiger partial charge < -0.3 is 9.53 Å². The highest BCUT2D eigenvalue weighted by atomic mass is 28.4. The van der Waals surface area contributed by atoms with Gasteiger partial charge in [0, 0.05) is 11.8 Å². The summed E-state index contributed by atoms with van der Waals surface area (Å²) in [6.07, 6.45) is 7.84. The third-order valence-corrected chi connectivity index (χ3v) is 13.9. The fraction of sp³-hybridized carbons (Fsp3) is 0.579. The van der Waals surface area contributed by atoms with E-state index in [1.54, 1.807) is 0 Å². The maximum atomic E-state index is 13.4. The number of Topliss-reactive ketones (excluding diaryl/α,β-unsaturated/α-hetero) is 1. The fourth-order valence-electron chi connectivity index (χ4n) is 6.60. The Balaban J connectivity index is 1.72. The number of ketones is 1. The molecule has 1 atom stereocenters. The third kappa shape index (κ3) is 9.65. The molecule has 2 aromatic carbocycles. The van der Waals surface area contributed by atoms with Crippen LogP contribution in [0.25, 0.3) is 0 Å². The van der Waals surface area contributed by atoms with Crippen molar-refractivity contribution in [3.05, 3.63) is 60.7 Å². The van der Waals surface area contributed by atoms with Gasteiger partial charge in [-0.2, -0.15) is 0 Å². The Hall–Kier alpha value is -2.68. The molecular weight excluding hydrogens is 549 g/mol. The van der Waals surface area contributed by atoms with E-state index in [4.69, 9.17) is 4.74 Å². The highest BCUT2D eigenvalue weighted by molar-refractivity contribution is 6.98. The van der Waals surface area contributed by atoms with Crippen LogP contribution in [0.4, 0.5) is 0 Å². The summed E-state index contributed by atoms with van der Waals surface area (Å²) in [5.74, 6) is 6.94. The predicted molar refractivity (Wildman–Crippen MR) is 180 cm³/mol. The molecule has 1 N–H and O–H groups in total. The van der Waals surface area contributed by atoms with E-state index < -0.39 is 24.9 Å². The van der Waals surface area contributed by atoms with Crippen LogP contribution in [0, 0.1) is 35.5 Å². The Morgan fingerprint density at radius 3 is 1.95 bits per heavy atom. The summed E-state index contributed by atoms with van der Waals surface area (Å²) < 4.78 is 5.59. The molecule has 0 aromatic heterocycles. The molecule has 4 nitrogen and oxygen atoms in total. The first-order chi connectivity index (χ1) is 20.3. The van der Waals surface area contributed by atoms with Crippen LogP contribution in [0.5, 0.6) is 0 Å². The maximum absolute atomic E-state index is 13.4. The summed E-state index contributed by atoms with van der Waals surface area (Å²) in [7, 11) is -3.15. The van der Waals surface area contributed by atoms with Crippen LogP contribution in [-0.4, -0.2) is 30.5 Å². The van der Waals surface area contributed by atoms with Crippen molar-refractivity contribution >= 4 is 30.4 Å². The number of esters is 1. The van der Waals surface area contributed by atoms with Crippen LogP contribution in [0.3, 0.4) is 0 Å². The molecule has 0 spiro atoms. The summed E-state index contributed by atoms with van der Waals surface area (Å²) in [6.45, 7) is 14.3. The van der Waals surface area contributed by atoms with Crippen molar-refractivity contribution in [1.29, 1.82) is 0 Å². The van der Waals surface area contributed by atoms with E-state index in [0.29, 0.717) is 19.3 Å². The first-order valence-electron chi connectivity index (χ1n) is 16.4. The minimum atomic E-state index is -3.15. The number of hydrogen-bond donors (Lipinski definition) is 1. The average Bonchev–Trinajstić information content (AvgIpc) is 2.95. The molecule has 0 heterocycles. The van der Waals surface area contributed by atoms with Gasteiger partial charge >= 0.3 is 5.97 Å². The molecule has 1 aliphatic rings. The van der Waals surface area contributed by atoms with Crippen molar-refractivity contribution in [3.63, 3.8) is 0 Å². The zero-order chi connectivity index (χ0) is 31.7. The summed E-state index contributed by atoms with van der Waals surface area (Å²) in [6, 6.07) is 20.0. The molecule has 0 saturated heterocycles. The van der Waals surface area contributed by atoms with Gasteiger partial charge in [-0.15, -0.1) is 0 Å². The average molecular weight is 603 g/mol. The van der Waals surface area contributed by atoms with E-state index in [-0.39, 0.29) is 24.1 Å². The SMILES string of the molecule is CCC(CC)CC1CC(C#CC(=O)C(CCCC(C)(C)[Si](O)(c2ccccc2)c2ccccc2)CC(=O)OC(C)(C)C)C1. The molecular formula is C38H54O4Si. The van der Waals surface area contributed by atoms with E-state index in [0.717, 1.165) is 35.1 Å². The maximum Gasteiger partial charge on any atom is 0.307 e. The molecule has 234 valence electrons. The second kappa shape index (κ2) is 15.4. The third-order valence-electron chi connectivity index (χ3n) is 9.38. The monoisotopic (exact) mass is 602 g/mol. The summed E-state index contributed by atoms with van der Waals surface area (Å²) in [5.41, 5.74) is -0.610. The van der Waals surface area contributed by atoms with Crippen LogP contribution in [0.2, 0.25) is 5.04 Å². The molecule has 0 bridgehead atoms. The summed E-state index contributed by atoms with van der Waals surface area (Å²) in [4.78, 5) is 38.7. The molecule has 0 radical (unpaired) electrons. The van der Waals surface area contributed by atoms with Crippen molar-refractivity contribution in [1.82, 2.24) is 0 Å².